The number of nitrogens with two attached hydrogens (primary N) is 1. The van der Waals surface area contributed by atoms with Gasteiger partial charge in [-0.2, -0.15) is 0 Å². The third kappa shape index (κ3) is 5.76. The zero-order valence-electron chi connectivity index (χ0n) is 6.95. The maximum absolute atomic E-state index is 10.4. The Labute approximate surface area is 73.3 Å². The molecule has 66 valence electrons. The Kier molecular flexibility index (Phi) is 6.14. The van der Waals surface area contributed by atoms with E-state index in [0.29, 0.717) is 19.4 Å². The Morgan fingerprint density at radius 2 is 2.25 bits per heavy atom. The number of nitrogens with one attached hydrogen (secondary N) is 1. The van der Waals surface area contributed by atoms with Gasteiger partial charge in [0, 0.05) is 6.54 Å². The average Bonchev–Trinajstić information content (AvgIpc) is 2.03. The van der Waals surface area contributed by atoms with Crippen LogP contribution in [0, 0.1) is 0 Å². The van der Waals surface area contributed by atoms with Crippen molar-refractivity contribution >= 4 is 20.2 Å². The third-order valence-corrected chi connectivity index (χ3v) is 1.54. The molecule has 12 heavy (non-hydrogen) atoms. The lowest BCUT2D eigenvalue weighted by atomic mass is 9.82. The van der Waals surface area contributed by atoms with Crippen LogP contribution in [0.3, 0.4) is 0 Å². The van der Waals surface area contributed by atoms with E-state index in [1.165, 1.54) is 0 Å². The molecule has 0 aromatic carbocycles. The standard InChI is InChI=1S/C7H13BN2O2/c8-6(7(9)12)3-1-2-4-10-5-11/h5-6H,1-4H2,(H2,9,12)(H,10,11). The molecule has 0 heterocycles. The fourth-order valence-corrected chi connectivity index (χ4v) is 0.792. The summed E-state index contributed by atoms with van der Waals surface area (Å²) in [5, 5.41) is 2.51. The Hall–Kier alpha value is -0.995. The summed E-state index contributed by atoms with van der Waals surface area (Å²) in [4.78, 5) is 20.2. The molecular formula is C7H13BN2O2. The van der Waals surface area contributed by atoms with E-state index in [2.05, 4.69) is 5.32 Å². The second-order valence-electron chi connectivity index (χ2n) is 2.58. The fourth-order valence-electron chi connectivity index (χ4n) is 0.792. The first kappa shape index (κ1) is 11.0. The molecular weight excluding hydrogens is 155 g/mol. The molecule has 4 nitrogen and oxygen atoms in total. The van der Waals surface area contributed by atoms with E-state index in [-0.39, 0.29) is 0 Å². The van der Waals surface area contributed by atoms with Gasteiger partial charge in [0.2, 0.25) is 12.3 Å². The molecule has 0 spiro atoms. The van der Waals surface area contributed by atoms with Gasteiger partial charge < -0.3 is 11.1 Å². The molecule has 0 saturated carbocycles. The van der Waals surface area contributed by atoms with E-state index in [0.717, 1.165) is 12.8 Å². The first-order valence-electron chi connectivity index (χ1n) is 3.90. The lowest BCUT2D eigenvalue weighted by molar-refractivity contribution is -0.118. The normalized spacial score (nSPS) is 12.0. The zero-order valence-corrected chi connectivity index (χ0v) is 6.95. The largest absolute Gasteiger partial charge is 0.370 e. The van der Waals surface area contributed by atoms with Gasteiger partial charge in [-0.05, 0) is 18.7 Å². The van der Waals surface area contributed by atoms with Gasteiger partial charge in [0.25, 0.3) is 0 Å². The van der Waals surface area contributed by atoms with Crippen LogP contribution in [0.4, 0.5) is 0 Å². The van der Waals surface area contributed by atoms with Gasteiger partial charge in [-0.15, -0.1) is 0 Å². The van der Waals surface area contributed by atoms with E-state index in [4.69, 9.17) is 13.6 Å². The maximum Gasteiger partial charge on any atom is 0.211 e. The van der Waals surface area contributed by atoms with E-state index < -0.39 is 11.7 Å². The second-order valence-corrected chi connectivity index (χ2v) is 2.58. The lowest BCUT2D eigenvalue weighted by Crippen LogP contribution is -2.19. The fraction of sp³-hybridized carbons (Fsp3) is 0.714. The lowest BCUT2D eigenvalue weighted by Gasteiger charge is -2.05. The van der Waals surface area contributed by atoms with Crippen LogP contribution in [0.1, 0.15) is 19.3 Å². The van der Waals surface area contributed by atoms with Gasteiger partial charge in [-0.1, -0.05) is 6.42 Å². The van der Waals surface area contributed by atoms with E-state index >= 15 is 0 Å². The number of rotatable bonds is 7. The Balaban J connectivity index is 3.19. The molecule has 0 rings (SSSR count). The summed E-state index contributed by atoms with van der Waals surface area (Å²) in [5.74, 6) is -1.03. The highest BCUT2D eigenvalue weighted by Gasteiger charge is 2.06. The molecule has 0 aliphatic heterocycles. The number of carbonyl (C=O) groups is 2. The molecule has 5 heteroatoms. The first-order chi connectivity index (χ1) is 5.68. The molecule has 1 atom stereocenters. The van der Waals surface area contributed by atoms with Crippen LogP contribution in [0.15, 0.2) is 0 Å². The molecule has 2 amide bonds. The van der Waals surface area contributed by atoms with Crippen LogP contribution in [-0.4, -0.2) is 26.7 Å². The summed E-state index contributed by atoms with van der Waals surface area (Å²) in [6.45, 7) is 0.620. The highest BCUT2D eigenvalue weighted by Crippen LogP contribution is 2.08. The SMILES string of the molecule is [B]C(CCCCNC=O)C(N)=O. The first-order valence-corrected chi connectivity index (χ1v) is 3.90. The number of amides is 2. The monoisotopic (exact) mass is 168 g/mol. The number of hydrogen-bond acceptors (Lipinski definition) is 2. The third-order valence-electron chi connectivity index (χ3n) is 1.54. The van der Waals surface area contributed by atoms with Crippen molar-refractivity contribution in [2.24, 2.45) is 5.73 Å². The van der Waals surface area contributed by atoms with Gasteiger partial charge in [0.05, 0.1) is 7.85 Å². The molecule has 0 aliphatic carbocycles. The molecule has 3 N–H and O–H groups in total. The summed E-state index contributed by atoms with van der Waals surface area (Å²) >= 11 is 0. The predicted octanol–water partition coefficient (Wildman–Crippen LogP) is -0.655. The van der Waals surface area contributed by atoms with Gasteiger partial charge in [-0.3, -0.25) is 9.59 Å². The van der Waals surface area contributed by atoms with Crippen LogP contribution in [0.25, 0.3) is 0 Å². The summed E-state index contributed by atoms with van der Waals surface area (Å²) in [6, 6.07) is 0. The van der Waals surface area contributed by atoms with Crippen molar-refractivity contribution in [1.29, 1.82) is 0 Å². The van der Waals surface area contributed by atoms with E-state index in [9.17, 15) is 9.59 Å². The number of unbranched alkanes of at least 4 members (excludes halogenated alkanes) is 1. The van der Waals surface area contributed by atoms with Crippen molar-refractivity contribution in [3.63, 3.8) is 0 Å². The summed E-state index contributed by atoms with van der Waals surface area (Å²) in [5.41, 5.74) is 4.94. The minimum Gasteiger partial charge on any atom is -0.370 e. The van der Waals surface area contributed by atoms with Crippen LogP contribution in [0.2, 0.25) is 5.82 Å². The molecule has 0 fully saturated rings. The highest BCUT2D eigenvalue weighted by molar-refractivity contribution is 6.23. The van der Waals surface area contributed by atoms with E-state index in [1.807, 2.05) is 0 Å². The predicted molar refractivity (Wildman–Crippen MR) is 46.6 cm³/mol. The Morgan fingerprint density at radius 1 is 1.58 bits per heavy atom. The van der Waals surface area contributed by atoms with Gasteiger partial charge >= 0.3 is 0 Å². The average molecular weight is 168 g/mol. The summed E-state index contributed by atoms with van der Waals surface area (Å²) in [7, 11) is 5.37. The van der Waals surface area contributed by atoms with Crippen LogP contribution >= 0.6 is 0 Å². The maximum atomic E-state index is 10.4. The van der Waals surface area contributed by atoms with Crippen LogP contribution < -0.4 is 11.1 Å². The van der Waals surface area contributed by atoms with Gasteiger partial charge in [-0.25, -0.2) is 0 Å². The molecule has 0 aliphatic rings. The summed E-state index contributed by atoms with van der Waals surface area (Å²) < 4.78 is 0. The molecule has 0 aromatic heterocycles. The van der Waals surface area contributed by atoms with E-state index in [1.54, 1.807) is 0 Å². The quantitative estimate of drug-likeness (QED) is 0.301. The van der Waals surface area contributed by atoms with Crippen molar-refractivity contribution in [2.45, 2.75) is 25.1 Å². The minimum absolute atomic E-state index is 0.474. The minimum atomic E-state index is -0.554. The number of hydrogen-bond donors (Lipinski definition) is 2. The molecule has 0 saturated heterocycles. The number of carbonyl (C=O) groups excluding carboxylic acids is 2. The van der Waals surface area contributed by atoms with Crippen molar-refractivity contribution in [3.05, 3.63) is 0 Å². The van der Waals surface area contributed by atoms with Crippen molar-refractivity contribution in [3.8, 4) is 0 Å². The van der Waals surface area contributed by atoms with Gasteiger partial charge in [0.15, 0.2) is 0 Å². The van der Waals surface area contributed by atoms with Crippen LogP contribution in [-0.2, 0) is 9.59 Å². The zero-order chi connectivity index (χ0) is 9.40. The van der Waals surface area contributed by atoms with Crippen molar-refractivity contribution < 1.29 is 9.59 Å². The van der Waals surface area contributed by atoms with Crippen molar-refractivity contribution in [2.75, 3.05) is 6.54 Å². The van der Waals surface area contributed by atoms with Crippen LogP contribution in [0.5, 0.6) is 0 Å². The number of primary amides is 1. The topological polar surface area (TPSA) is 72.2 Å². The van der Waals surface area contributed by atoms with Crippen molar-refractivity contribution in [1.82, 2.24) is 5.32 Å². The van der Waals surface area contributed by atoms with Gasteiger partial charge in [0.1, 0.15) is 0 Å². The molecule has 0 aromatic rings. The second kappa shape index (κ2) is 6.70. The smallest absolute Gasteiger partial charge is 0.211 e. The Bertz CT molecular complexity index is 152. The summed E-state index contributed by atoms with van der Waals surface area (Å²) in [6.07, 6.45) is 2.84. The highest BCUT2D eigenvalue weighted by atomic mass is 16.1. The molecule has 1 unspecified atom stereocenters. The Morgan fingerprint density at radius 3 is 2.75 bits per heavy atom. The molecule has 2 radical (unpaired) electrons. The molecule has 0 bridgehead atoms.